The number of para-hydroxylation sites is 5. The highest BCUT2D eigenvalue weighted by atomic mass is 16.5. The van der Waals surface area contributed by atoms with Gasteiger partial charge < -0.3 is 18.4 Å². The van der Waals surface area contributed by atoms with Gasteiger partial charge in [-0.1, -0.05) is 91.0 Å². The molecule has 1 atom stereocenters. The van der Waals surface area contributed by atoms with Crippen molar-refractivity contribution in [2.75, 3.05) is 0 Å². The average Bonchev–Trinajstić information content (AvgIpc) is 4.12. The maximum Gasteiger partial charge on any atom is 0.132 e. The Bertz CT molecular complexity index is 4340. The Morgan fingerprint density at radius 1 is 0.362 bits per heavy atom. The lowest BCUT2D eigenvalue weighted by atomic mass is 9.66. The lowest BCUT2D eigenvalue weighted by Crippen LogP contribution is -2.32. The topological polar surface area (TPSA) is 97.4 Å². The number of benzene rings is 8. The molecule has 0 fully saturated rings. The normalized spacial score (nSPS) is 14.5. The monoisotopic (exact) mass is 879 g/mol. The Balaban J connectivity index is 1.07. The van der Waals surface area contributed by atoms with E-state index in [1.165, 1.54) is 21.5 Å². The van der Waals surface area contributed by atoms with Gasteiger partial charge in [0.05, 0.1) is 96.9 Å². The number of fused-ring (bicyclic) bond motifs is 18. The van der Waals surface area contributed by atoms with Gasteiger partial charge in [0.25, 0.3) is 0 Å². The number of hydrogen-bond acceptors (Lipinski definition) is 5. The average molecular weight is 880 g/mol. The zero-order valence-corrected chi connectivity index (χ0v) is 36.6. The van der Waals surface area contributed by atoms with Gasteiger partial charge in [0.15, 0.2) is 0 Å². The predicted octanol–water partition coefficient (Wildman–Crippen LogP) is 14.0. The Morgan fingerprint density at radius 2 is 0.768 bits per heavy atom. The van der Waals surface area contributed by atoms with Crippen LogP contribution in [0.2, 0.25) is 0 Å². The quantitative estimate of drug-likeness (QED) is 0.176. The number of aromatic nitrogens is 5. The number of rotatable bonds is 3. The number of hydrogen-bond donors (Lipinski definition) is 0. The van der Waals surface area contributed by atoms with Crippen LogP contribution < -0.4 is 4.74 Å². The third-order valence-electron chi connectivity index (χ3n) is 14.6. The molecule has 318 valence electrons. The lowest BCUT2D eigenvalue weighted by molar-refractivity contribution is 0.436. The van der Waals surface area contributed by atoms with Crippen molar-refractivity contribution < 1.29 is 4.74 Å². The number of pyridine rings is 2. The molecule has 0 bridgehead atoms. The van der Waals surface area contributed by atoms with E-state index in [4.69, 9.17) is 14.7 Å². The minimum atomic E-state index is -0.977. The fourth-order valence-electron chi connectivity index (χ4n) is 11.8. The van der Waals surface area contributed by atoms with E-state index >= 15 is 0 Å². The van der Waals surface area contributed by atoms with Gasteiger partial charge in [-0.25, -0.2) is 0 Å². The second-order valence-corrected chi connectivity index (χ2v) is 18.0. The van der Waals surface area contributed by atoms with Gasteiger partial charge in [0.2, 0.25) is 0 Å². The third-order valence-corrected chi connectivity index (χ3v) is 14.6. The molecular weight excluding hydrogens is 847 g/mol. The van der Waals surface area contributed by atoms with Crippen molar-refractivity contribution in [3.63, 3.8) is 0 Å². The van der Waals surface area contributed by atoms with Crippen LogP contribution in [0.5, 0.6) is 11.5 Å². The van der Waals surface area contributed by atoms with Gasteiger partial charge in [-0.15, -0.1) is 0 Å². The summed E-state index contributed by atoms with van der Waals surface area (Å²) in [4.78, 5) is 10.9. The number of ether oxygens (including phenoxy) is 1. The van der Waals surface area contributed by atoms with E-state index in [-0.39, 0.29) is 0 Å². The molecule has 13 aromatic rings. The minimum absolute atomic E-state index is 0.546. The number of nitrogens with zero attached hydrogens (tertiary/aromatic N) is 7. The van der Waals surface area contributed by atoms with Crippen molar-refractivity contribution in [2.45, 2.75) is 5.41 Å². The van der Waals surface area contributed by atoms with Crippen molar-refractivity contribution in [2.24, 2.45) is 0 Å². The molecule has 8 heteroatoms. The van der Waals surface area contributed by atoms with Crippen LogP contribution in [0.3, 0.4) is 0 Å². The standard InChI is InChI=1S/C61H33N7O/c62-32-36-21-24-55-45(27-36)46-28-37(33-63)22-25-56(46)68(55)40-31-50-60(65-35-40)59-49(30-39(34-64-59)67-53-18-8-3-13-43(53)44-14-4-9-19-54(44)67)61(50)47-15-5-10-20-57(47)69-58-26-23-38(29-48(58)61)66-51-16-6-1-11-41(51)42-12-2-7-17-52(42)66/h1-31,34-35H. The van der Waals surface area contributed by atoms with Crippen LogP contribution in [-0.2, 0) is 5.41 Å². The van der Waals surface area contributed by atoms with Crippen LogP contribution in [0.4, 0.5) is 0 Å². The molecule has 6 heterocycles. The van der Waals surface area contributed by atoms with Gasteiger partial charge in [-0.2, -0.15) is 10.5 Å². The molecule has 0 N–H and O–H groups in total. The van der Waals surface area contributed by atoms with Crippen molar-refractivity contribution in [1.82, 2.24) is 23.7 Å². The summed E-state index contributed by atoms with van der Waals surface area (Å²) in [5.41, 5.74) is 14.6. The van der Waals surface area contributed by atoms with E-state index in [1.807, 2.05) is 54.9 Å². The molecule has 0 saturated carbocycles. The molecule has 0 saturated heterocycles. The fraction of sp³-hybridized carbons (Fsp3) is 0.0164. The largest absolute Gasteiger partial charge is 0.457 e. The van der Waals surface area contributed by atoms with Crippen molar-refractivity contribution in [1.29, 1.82) is 10.5 Å². The minimum Gasteiger partial charge on any atom is -0.457 e. The van der Waals surface area contributed by atoms with Crippen molar-refractivity contribution in [3.05, 3.63) is 234 Å². The zero-order chi connectivity index (χ0) is 45.5. The van der Waals surface area contributed by atoms with Crippen LogP contribution in [0.25, 0.3) is 93.9 Å². The first-order chi connectivity index (χ1) is 34.1. The lowest BCUT2D eigenvalue weighted by Gasteiger charge is -2.39. The van der Waals surface area contributed by atoms with E-state index in [2.05, 4.69) is 171 Å². The highest BCUT2D eigenvalue weighted by molar-refractivity contribution is 6.12. The molecular formula is C61H33N7O. The van der Waals surface area contributed by atoms with Crippen LogP contribution in [0.15, 0.2) is 200 Å². The Kier molecular flexibility index (Phi) is 7.41. The first-order valence-corrected chi connectivity index (χ1v) is 22.9. The van der Waals surface area contributed by atoms with Crippen molar-refractivity contribution >= 4 is 65.4 Å². The van der Waals surface area contributed by atoms with E-state index < -0.39 is 5.41 Å². The molecule has 0 radical (unpaired) electrons. The van der Waals surface area contributed by atoms with Crippen molar-refractivity contribution in [3.8, 4) is 52.1 Å². The van der Waals surface area contributed by atoms with Crippen LogP contribution >= 0.6 is 0 Å². The summed E-state index contributed by atoms with van der Waals surface area (Å²) in [5.74, 6) is 1.50. The zero-order valence-electron chi connectivity index (χ0n) is 36.6. The Morgan fingerprint density at radius 3 is 1.26 bits per heavy atom. The summed E-state index contributed by atoms with van der Waals surface area (Å²) in [6, 6.07) is 70.1. The van der Waals surface area contributed by atoms with Gasteiger partial charge >= 0.3 is 0 Å². The summed E-state index contributed by atoms with van der Waals surface area (Å²) in [6.45, 7) is 0. The summed E-state index contributed by atoms with van der Waals surface area (Å²) >= 11 is 0. The summed E-state index contributed by atoms with van der Waals surface area (Å²) < 4.78 is 13.9. The molecule has 8 nitrogen and oxygen atoms in total. The van der Waals surface area contributed by atoms with E-state index in [0.29, 0.717) is 11.1 Å². The molecule has 5 aromatic heterocycles. The van der Waals surface area contributed by atoms with Crippen LogP contribution in [0.1, 0.15) is 33.4 Å². The van der Waals surface area contributed by atoms with E-state index in [0.717, 1.165) is 106 Å². The first kappa shape index (κ1) is 37.5. The van der Waals surface area contributed by atoms with Gasteiger partial charge in [0, 0.05) is 60.3 Å². The molecule has 0 amide bonds. The summed E-state index contributed by atoms with van der Waals surface area (Å²) in [7, 11) is 0. The molecule has 1 spiro atoms. The summed E-state index contributed by atoms with van der Waals surface area (Å²) in [6.07, 6.45) is 3.92. The van der Waals surface area contributed by atoms with E-state index in [9.17, 15) is 10.5 Å². The van der Waals surface area contributed by atoms with Gasteiger partial charge in [-0.3, -0.25) is 9.97 Å². The second-order valence-electron chi connectivity index (χ2n) is 18.0. The summed E-state index contributed by atoms with van der Waals surface area (Å²) in [5, 5.41) is 26.5. The Hall–Kier alpha value is -9.76. The van der Waals surface area contributed by atoms with Crippen LogP contribution in [0, 0.1) is 22.7 Å². The number of nitriles is 2. The molecule has 1 aliphatic heterocycles. The fourth-order valence-corrected chi connectivity index (χ4v) is 11.8. The third kappa shape index (κ3) is 4.88. The predicted molar refractivity (Wildman–Crippen MR) is 272 cm³/mol. The maximum absolute atomic E-state index is 10.0. The highest BCUT2D eigenvalue weighted by Crippen LogP contribution is 2.62. The maximum atomic E-state index is 10.0. The Labute approximate surface area is 394 Å². The second kappa shape index (κ2) is 13.6. The SMILES string of the molecule is N#Cc1ccc2c(c1)c1cc(C#N)ccc1n2-c1cnc2c(c1)C1(c3ccccc3Oc3ccc(-n4c5ccccc5c5ccccc54)cc31)c1cc(-n3c4ccccc4c4ccccc43)cnc1-2. The van der Waals surface area contributed by atoms with E-state index in [1.54, 1.807) is 0 Å². The molecule has 15 rings (SSSR count). The molecule has 1 aliphatic carbocycles. The first-order valence-electron chi connectivity index (χ1n) is 22.9. The molecule has 1 unspecified atom stereocenters. The molecule has 8 aromatic carbocycles. The van der Waals surface area contributed by atoms with Crippen LogP contribution in [-0.4, -0.2) is 23.7 Å². The van der Waals surface area contributed by atoms with Gasteiger partial charge in [-0.05, 0) is 97.1 Å². The van der Waals surface area contributed by atoms with Gasteiger partial charge in [0.1, 0.15) is 11.5 Å². The molecule has 2 aliphatic rings. The highest BCUT2D eigenvalue weighted by Gasteiger charge is 2.53. The molecule has 69 heavy (non-hydrogen) atoms. The smallest absolute Gasteiger partial charge is 0.132 e.